The van der Waals surface area contributed by atoms with Crippen molar-refractivity contribution in [2.45, 2.75) is 6.92 Å². The lowest BCUT2D eigenvalue weighted by Crippen LogP contribution is -2.15. The van der Waals surface area contributed by atoms with E-state index in [9.17, 15) is 4.79 Å². The van der Waals surface area contributed by atoms with E-state index in [1.807, 2.05) is 6.92 Å². The molecule has 0 aliphatic rings. The zero-order valence-electron chi connectivity index (χ0n) is 9.17. The van der Waals surface area contributed by atoms with Crippen LogP contribution in [0, 0.1) is 0 Å². The number of aromatic amines is 1. The molecule has 0 saturated heterocycles. The fraction of sp³-hybridized carbons (Fsp3) is 0.200. The highest BCUT2D eigenvalue weighted by molar-refractivity contribution is 6.04. The summed E-state index contributed by atoms with van der Waals surface area (Å²) in [6, 6.07) is 3.29. The first kappa shape index (κ1) is 11.1. The number of aromatic nitrogens is 4. The third-order valence-electron chi connectivity index (χ3n) is 1.94. The Kier molecular flexibility index (Phi) is 3.29. The van der Waals surface area contributed by atoms with Gasteiger partial charge in [0, 0.05) is 6.20 Å². The van der Waals surface area contributed by atoms with E-state index in [1.165, 1.54) is 6.33 Å². The first-order chi connectivity index (χ1) is 8.31. The van der Waals surface area contributed by atoms with Crippen LogP contribution in [0.1, 0.15) is 17.3 Å². The summed E-state index contributed by atoms with van der Waals surface area (Å²) in [6.45, 7) is 2.27. The van der Waals surface area contributed by atoms with Crippen LogP contribution in [0.5, 0.6) is 5.88 Å². The molecule has 1 amide bonds. The number of H-pyrrole nitrogens is 1. The van der Waals surface area contributed by atoms with Crippen molar-refractivity contribution in [3.05, 3.63) is 30.2 Å². The number of ether oxygens (including phenoxy) is 1. The smallest absolute Gasteiger partial charge is 0.263 e. The van der Waals surface area contributed by atoms with Gasteiger partial charge in [-0.3, -0.25) is 10.1 Å². The summed E-state index contributed by atoms with van der Waals surface area (Å²) in [4.78, 5) is 19.7. The first-order valence-electron chi connectivity index (χ1n) is 5.05. The number of nitrogens with zero attached hydrogens (tertiary/aromatic N) is 3. The van der Waals surface area contributed by atoms with Crippen LogP contribution in [0.25, 0.3) is 0 Å². The second kappa shape index (κ2) is 5.06. The molecule has 0 spiro atoms. The summed E-state index contributed by atoms with van der Waals surface area (Å²) in [6.07, 6.45) is 2.87. The van der Waals surface area contributed by atoms with Crippen LogP contribution in [0.15, 0.2) is 24.7 Å². The molecule has 0 atom stereocenters. The second-order valence-corrected chi connectivity index (χ2v) is 3.08. The van der Waals surface area contributed by atoms with Crippen LogP contribution in [0.4, 0.5) is 5.95 Å². The van der Waals surface area contributed by atoms with Gasteiger partial charge >= 0.3 is 0 Å². The number of carbonyl (C=O) groups excluding carboxylic acids is 1. The van der Waals surface area contributed by atoms with Gasteiger partial charge in [0.25, 0.3) is 5.91 Å². The van der Waals surface area contributed by atoms with Gasteiger partial charge in [-0.05, 0) is 19.1 Å². The highest BCUT2D eigenvalue weighted by Crippen LogP contribution is 2.15. The number of amides is 1. The number of anilines is 1. The Morgan fingerprint density at radius 1 is 1.53 bits per heavy atom. The summed E-state index contributed by atoms with van der Waals surface area (Å²) < 4.78 is 5.26. The van der Waals surface area contributed by atoms with E-state index in [1.54, 1.807) is 18.3 Å². The highest BCUT2D eigenvalue weighted by Gasteiger charge is 2.14. The molecular weight excluding hydrogens is 222 g/mol. The molecule has 0 aromatic carbocycles. The lowest BCUT2D eigenvalue weighted by molar-refractivity contribution is 0.102. The summed E-state index contributed by atoms with van der Waals surface area (Å²) in [5.41, 5.74) is 0.353. The molecular formula is C10H11N5O2. The lowest BCUT2D eigenvalue weighted by Gasteiger charge is -2.07. The van der Waals surface area contributed by atoms with Crippen molar-refractivity contribution in [1.29, 1.82) is 0 Å². The van der Waals surface area contributed by atoms with Crippen LogP contribution >= 0.6 is 0 Å². The summed E-state index contributed by atoms with van der Waals surface area (Å²) >= 11 is 0. The Bertz CT molecular complexity index is 497. The molecule has 0 bridgehead atoms. The van der Waals surface area contributed by atoms with Crippen LogP contribution in [0.3, 0.4) is 0 Å². The molecule has 2 heterocycles. The van der Waals surface area contributed by atoms with Crippen molar-refractivity contribution >= 4 is 11.9 Å². The van der Waals surface area contributed by atoms with E-state index >= 15 is 0 Å². The van der Waals surface area contributed by atoms with Crippen LogP contribution in [-0.4, -0.2) is 32.7 Å². The predicted octanol–water partition coefficient (Wildman–Crippen LogP) is 0.851. The Balaban J connectivity index is 2.18. The van der Waals surface area contributed by atoms with Gasteiger partial charge in [0.15, 0.2) is 0 Å². The van der Waals surface area contributed by atoms with Crippen molar-refractivity contribution in [2.24, 2.45) is 0 Å². The molecule has 2 aromatic rings. The molecule has 0 saturated carbocycles. The zero-order chi connectivity index (χ0) is 12.1. The number of pyridine rings is 1. The lowest BCUT2D eigenvalue weighted by atomic mass is 10.2. The van der Waals surface area contributed by atoms with Crippen LogP contribution in [0.2, 0.25) is 0 Å². The van der Waals surface area contributed by atoms with Gasteiger partial charge in [0.05, 0.1) is 6.61 Å². The second-order valence-electron chi connectivity index (χ2n) is 3.08. The Morgan fingerprint density at radius 2 is 2.41 bits per heavy atom. The minimum atomic E-state index is -0.349. The van der Waals surface area contributed by atoms with E-state index in [4.69, 9.17) is 4.74 Å². The van der Waals surface area contributed by atoms with Gasteiger partial charge in [-0.1, -0.05) is 0 Å². The van der Waals surface area contributed by atoms with E-state index in [-0.39, 0.29) is 11.9 Å². The fourth-order valence-corrected chi connectivity index (χ4v) is 1.26. The monoisotopic (exact) mass is 233 g/mol. The van der Waals surface area contributed by atoms with Gasteiger partial charge in [0.1, 0.15) is 11.9 Å². The molecule has 7 heteroatoms. The molecule has 2 rings (SSSR count). The zero-order valence-corrected chi connectivity index (χ0v) is 9.17. The summed E-state index contributed by atoms with van der Waals surface area (Å²) in [5, 5.41) is 8.71. The number of carbonyl (C=O) groups is 1. The maximum absolute atomic E-state index is 11.9. The van der Waals surface area contributed by atoms with Gasteiger partial charge in [-0.15, -0.1) is 0 Å². The normalized spacial score (nSPS) is 9.94. The summed E-state index contributed by atoms with van der Waals surface area (Å²) in [7, 11) is 0. The minimum Gasteiger partial charge on any atom is -0.477 e. The average molecular weight is 233 g/mol. The van der Waals surface area contributed by atoms with Gasteiger partial charge in [0.2, 0.25) is 11.8 Å². The van der Waals surface area contributed by atoms with Gasteiger partial charge in [-0.2, -0.15) is 10.1 Å². The first-order valence-corrected chi connectivity index (χ1v) is 5.05. The molecule has 0 aliphatic heterocycles. The SMILES string of the molecule is CCOc1ncccc1C(=O)Nc1ncn[nH]1. The number of hydrogen-bond donors (Lipinski definition) is 2. The molecule has 0 aliphatic carbocycles. The quantitative estimate of drug-likeness (QED) is 0.816. The van der Waals surface area contributed by atoms with E-state index in [0.717, 1.165) is 0 Å². The molecule has 17 heavy (non-hydrogen) atoms. The highest BCUT2D eigenvalue weighted by atomic mass is 16.5. The Morgan fingerprint density at radius 3 is 3.12 bits per heavy atom. The van der Waals surface area contributed by atoms with E-state index in [2.05, 4.69) is 25.5 Å². The third kappa shape index (κ3) is 2.57. The maximum Gasteiger partial charge on any atom is 0.263 e. The predicted molar refractivity (Wildman–Crippen MR) is 59.7 cm³/mol. The molecule has 0 radical (unpaired) electrons. The van der Waals surface area contributed by atoms with Crippen molar-refractivity contribution in [1.82, 2.24) is 20.2 Å². The molecule has 0 fully saturated rings. The standard InChI is InChI=1S/C10H11N5O2/c1-2-17-9-7(4-3-5-11-9)8(16)14-10-12-6-13-15-10/h3-6H,2H2,1H3,(H2,12,13,14,15,16). The van der Waals surface area contributed by atoms with Gasteiger partial charge < -0.3 is 4.74 Å². The van der Waals surface area contributed by atoms with Crippen molar-refractivity contribution in [2.75, 3.05) is 11.9 Å². The average Bonchev–Trinajstić information content (AvgIpc) is 2.83. The van der Waals surface area contributed by atoms with Crippen molar-refractivity contribution in [3.63, 3.8) is 0 Å². The van der Waals surface area contributed by atoms with Crippen LogP contribution in [-0.2, 0) is 0 Å². The maximum atomic E-state index is 11.9. The summed E-state index contributed by atoms with van der Waals surface area (Å²) in [5.74, 6) is 0.228. The van der Waals surface area contributed by atoms with E-state index < -0.39 is 0 Å². The third-order valence-corrected chi connectivity index (χ3v) is 1.94. The molecule has 0 unspecified atom stereocenters. The minimum absolute atomic E-state index is 0.279. The van der Waals surface area contributed by atoms with Crippen molar-refractivity contribution in [3.8, 4) is 5.88 Å². The molecule has 7 nitrogen and oxygen atoms in total. The van der Waals surface area contributed by atoms with Gasteiger partial charge in [-0.25, -0.2) is 10.1 Å². The number of rotatable bonds is 4. The molecule has 88 valence electrons. The Hall–Kier alpha value is -2.44. The Labute approximate surface area is 97.2 Å². The molecule has 2 N–H and O–H groups in total. The van der Waals surface area contributed by atoms with Crippen molar-refractivity contribution < 1.29 is 9.53 Å². The van der Waals surface area contributed by atoms with E-state index in [0.29, 0.717) is 18.1 Å². The molecule has 2 aromatic heterocycles. The number of hydrogen-bond acceptors (Lipinski definition) is 5. The fourth-order valence-electron chi connectivity index (χ4n) is 1.26. The topological polar surface area (TPSA) is 92.8 Å². The van der Waals surface area contributed by atoms with Crippen LogP contribution < -0.4 is 10.1 Å². The largest absolute Gasteiger partial charge is 0.477 e. The number of nitrogens with one attached hydrogen (secondary N) is 2.